The Morgan fingerprint density at radius 1 is 1.05 bits per heavy atom. The smallest absolute Gasteiger partial charge is 0.296 e. The molecule has 0 amide bonds. The summed E-state index contributed by atoms with van der Waals surface area (Å²) in [6.07, 6.45) is 1.34. The monoisotopic (exact) mass is 531 g/mol. The molecular weight excluding hydrogens is 495 g/mol. The molecule has 1 saturated carbocycles. The maximum Gasteiger partial charge on any atom is 0.296 e. The maximum absolute atomic E-state index is 14.1. The van der Waals surface area contributed by atoms with Gasteiger partial charge in [-0.25, -0.2) is 18.2 Å². The van der Waals surface area contributed by atoms with Gasteiger partial charge in [0.2, 0.25) is 5.95 Å². The molecule has 1 unspecified atom stereocenters. The van der Waals surface area contributed by atoms with Crippen LogP contribution < -0.4 is 10.2 Å². The van der Waals surface area contributed by atoms with Gasteiger partial charge in [-0.2, -0.15) is 9.97 Å². The van der Waals surface area contributed by atoms with Crippen molar-refractivity contribution < 1.29 is 17.9 Å². The molecule has 1 atom stereocenters. The summed E-state index contributed by atoms with van der Waals surface area (Å²) in [5, 5.41) is 3.40. The van der Waals surface area contributed by atoms with Crippen LogP contribution in [0.4, 0.5) is 24.9 Å². The van der Waals surface area contributed by atoms with Gasteiger partial charge in [0.05, 0.1) is 24.2 Å². The summed E-state index contributed by atoms with van der Waals surface area (Å²) in [4.78, 5) is 17.9. The molecule has 0 bridgehead atoms. The van der Waals surface area contributed by atoms with E-state index in [4.69, 9.17) is 9.72 Å². The lowest BCUT2D eigenvalue weighted by Gasteiger charge is -2.37. The van der Waals surface area contributed by atoms with Crippen molar-refractivity contribution in [2.75, 3.05) is 56.8 Å². The summed E-state index contributed by atoms with van der Waals surface area (Å²) in [5.74, 6) is 1.54. The van der Waals surface area contributed by atoms with E-state index in [1.807, 2.05) is 14.0 Å². The summed E-state index contributed by atoms with van der Waals surface area (Å²) in [7, 11) is 2.01. The van der Waals surface area contributed by atoms with E-state index in [0.29, 0.717) is 73.4 Å². The van der Waals surface area contributed by atoms with Gasteiger partial charge in [0, 0.05) is 37.8 Å². The van der Waals surface area contributed by atoms with Gasteiger partial charge >= 0.3 is 0 Å². The number of hydrogen-bond acceptors (Lipinski definition) is 7. The van der Waals surface area contributed by atoms with Gasteiger partial charge in [-0.05, 0) is 57.7 Å². The number of rotatable bonds is 9. The number of anilines is 2. The number of fused-ring (bicyclic) bond motifs is 1. The Bertz CT molecular complexity index is 1210. The van der Waals surface area contributed by atoms with Crippen molar-refractivity contribution in [2.45, 2.75) is 51.1 Å². The minimum atomic E-state index is -2.76. The standard InChI is InChI=1S/C27H36F3N7O/c1-18(16-28)35(2)20-9-7-19(8-10-20)17-31-27-33-23(36-11-13-38-14-12-36)15-24(34-27)37-22-6-4-3-5-21(22)32-26(37)25(29)30/h3-6,15,18-20,25H,7-14,16-17H2,1-2H3,(H,31,33,34). The Morgan fingerprint density at radius 2 is 1.76 bits per heavy atom. The lowest BCUT2D eigenvalue weighted by molar-refractivity contribution is 0.114. The molecule has 1 N–H and O–H groups in total. The molecular formula is C27H36F3N7O. The zero-order valence-corrected chi connectivity index (χ0v) is 22.0. The fourth-order valence-corrected chi connectivity index (χ4v) is 5.46. The highest BCUT2D eigenvalue weighted by Crippen LogP contribution is 2.31. The molecule has 5 rings (SSSR count). The minimum absolute atomic E-state index is 0.0678. The van der Waals surface area contributed by atoms with Gasteiger partial charge in [-0.1, -0.05) is 12.1 Å². The number of ether oxygens (including phenoxy) is 1. The SMILES string of the molecule is CC(CF)N(C)C1CCC(CNc2nc(N3CCOCC3)cc(-n3c(C(F)F)nc4ccccc43)n2)CC1. The molecule has 2 aliphatic rings. The third-order valence-corrected chi connectivity index (χ3v) is 7.90. The molecule has 3 heterocycles. The van der Waals surface area contributed by atoms with Crippen molar-refractivity contribution in [3.8, 4) is 5.82 Å². The highest BCUT2D eigenvalue weighted by molar-refractivity contribution is 5.78. The summed E-state index contributed by atoms with van der Waals surface area (Å²) in [6, 6.07) is 9.17. The number of nitrogens with zero attached hydrogens (tertiary/aromatic N) is 6. The average Bonchev–Trinajstić information content (AvgIpc) is 3.36. The molecule has 11 heteroatoms. The number of halogens is 3. The van der Waals surface area contributed by atoms with Gasteiger partial charge in [-0.3, -0.25) is 9.47 Å². The molecule has 8 nitrogen and oxygen atoms in total. The van der Waals surface area contributed by atoms with Crippen molar-refractivity contribution in [3.05, 3.63) is 36.2 Å². The number of benzene rings is 1. The first-order valence-electron chi connectivity index (χ1n) is 13.4. The summed E-state index contributed by atoms with van der Waals surface area (Å²) in [6.45, 7) is 4.76. The molecule has 1 saturated heterocycles. The molecule has 2 aromatic heterocycles. The van der Waals surface area contributed by atoms with E-state index in [-0.39, 0.29) is 18.5 Å². The predicted octanol–water partition coefficient (Wildman–Crippen LogP) is 4.85. The molecule has 1 aliphatic carbocycles. The Balaban J connectivity index is 1.39. The topological polar surface area (TPSA) is 71.3 Å². The van der Waals surface area contributed by atoms with Crippen LogP contribution in [0.3, 0.4) is 0 Å². The van der Waals surface area contributed by atoms with Crippen LogP contribution >= 0.6 is 0 Å². The zero-order valence-electron chi connectivity index (χ0n) is 22.0. The molecule has 206 valence electrons. The summed E-state index contributed by atoms with van der Waals surface area (Å²) in [5.41, 5.74) is 1.07. The van der Waals surface area contributed by atoms with Crippen molar-refractivity contribution in [1.82, 2.24) is 24.4 Å². The molecule has 0 radical (unpaired) electrons. The molecule has 2 fully saturated rings. The van der Waals surface area contributed by atoms with E-state index in [1.54, 1.807) is 30.3 Å². The first-order valence-corrected chi connectivity index (χ1v) is 13.4. The van der Waals surface area contributed by atoms with Crippen LogP contribution in [-0.4, -0.2) is 83.1 Å². The highest BCUT2D eigenvalue weighted by Gasteiger charge is 2.27. The largest absolute Gasteiger partial charge is 0.378 e. The first-order chi connectivity index (χ1) is 18.4. The second-order valence-electron chi connectivity index (χ2n) is 10.3. The van der Waals surface area contributed by atoms with Crippen LogP contribution in [0.5, 0.6) is 0 Å². The first kappa shape index (κ1) is 26.7. The Labute approximate surface area is 221 Å². The Hall–Kier alpha value is -2.92. The molecule has 0 spiro atoms. The van der Waals surface area contributed by atoms with Gasteiger partial charge < -0.3 is 15.0 Å². The van der Waals surface area contributed by atoms with E-state index in [2.05, 4.69) is 25.1 Å². The number of morpholine rings is 1. The van der Waals surface area contributed by atoms with Crippen molar-refractivity contribution >= 4 is 22.8 Å². The second-order valence-corrected chi connectivity index (χ2v) is 10.3. The van der Waals surface area contributed by atoms with Gasteiger partial charge in [-0.15, -0.1) is 0 Å². The molecule has 1 aromatic carbocycles. The van der Waals surface area contributed by atoms with Gasteiger partial charge in [0.25, 0.3) is 6.43 Å². The van der Waals surface area contributed by atoms with Gasteiger partial charge in [0.1, 0.15) is 18.3 Å². The second kappa shape index (κ2) is 11.9. The number of para-hydroxylation sites is 2. The Morgan fingerprint density at radius 3 is 2.47 bits per heavy atom. The van der Waals surface area contributed by atoms with Crippen LogP contribution in [0.2, 0.25) is 0 Å². The van der Waals surface area contributed by atoms with E-state index >= 15 is 0 Å². The lowest BCUT2D eigenvalue weighted by atomic mass is 9.85. The van der Waals surface area contributed by atoms with E-state index in [1.165, 1.54) is 4.57 Å². The number of aromatic nitrogens is 4. The average molecular weight is 532 g/mol. The maximum atomic E-state index is 14.1. The zero-order chi connectivity index (χ0) is 26.6. The molecule has 3 aromatic rings. The van der Waals surface area contributed by atoms with Crippen LogP contribution in [-0.2, 0) is 4.74 Å². The third-order valence-electron chi connectivity index (χ3n) is 7.90. The molecule has 1 aliphatic heterocycles. The van der Waals surface area contributed by atoms with Crippen molar-refractivity contribution in [1.29, 1.82) is 0 Å². The fraction of sp³-hybridized carbons (Fsp3) is 0.593. The van der Waals surface area contributed by atoms with Crippen molar-refractivity contribution in [3.63, 3.8) is 0 Å². The van der Waals surface area contributed by atoms with Gasteiger partial charge in [0.15, 0.2) is 5.82 Å². The van der Waals surface area contributed by atoms with E-state index in [9.17, 15) is 13.2 Å². The number of imidazole rings is 1. The lowest BCUT2D eigenvalue weighted by Crippen LogP contribution is -2.42. The van der Waals surface area contributed by atoms with Crippen molar-refractivity contribution in [2.24, 2.45) is 5.92 Å². The number of nitrogens with one attached hydrogen (secondary N) is 1. The molecule has 38 heavy (non-hydrogen) atoms. The fourth-order valence-electron chi connectivity index (χ4n) is 5.46. The van der Waals surface area contributed by atoms with E-state index in [0.717, 1.165) is 25.7 Å². The van der Waals surface area contributed by atoms with Crippen LogP contribution in [0.15, 0.2) is 30.3 Å². The number of hydrogen-bond donors (Lipinski definition) is 1. The third kappa shape index (κ3) is 5.73. The van der Waals surface area contributed by atoms with Crippen LogP contribution in [0, 0.1) is 5.92 Å². The minimum Gasteiger partial charge on any atom is -0.378 e. The Kier molecular flexibility index (Phi) is 8.32. The van der Waals surface area contributed by atoms with Crippen LogP contribution in [0.1, 0.15) is 44.9 Å². The summed E-state index contributed by atoms with van der Waals surface area (Å²) < 4.78 is 48.2. The van der Waals surface area contributed by atoms with E-state index < -0.39 is 6.43 Å². The predicted molar refractivity (Wildman–Crippen MR) is 142 cm³/mol. The van der Waals surface area contributed by atoms with Crippen LogP contribution in [0.25, 0.3) is 16.9 Å². The quantitative estimate of drug-likeness (QED) is 0.423. The highest BCUT2D eigenvalue weighted by atomic mass is 19.3. The number of alkyl halides is 3. The summed E-state index contributed by atoms with van der Waals surface area (Å²) >= 11 is 0. The normalized spacial score (nSPS) is 21.4.